The maximum Gasteiger partial charge on any atom is 0.267 e. The van der Waals surface area contributed by atoms with Gasteiger partial charge in [-0.3, -0.25) is 9.10 Å². The van der Waals surface area contributed by atoms with Gasteiger partial charge in [-0.1, -0.05) is 30.3 Å². The zero-order valence-corrected chi connectivity index (χ0v) is 17.9. The minimum atomic E-state index is -3.93. The largest absolute Gasteiger partial charge is 0.497 e. The number of aryl methyl sites for hydroxylation is 1. The summed E-state index contributed by atoms with van der Waals surface area (Å²) in [6.07, 6.45) is -1.01. The smallest absolute Gasteiger partial charge is 0.267 e. The lowest BCUT2D eigenvalue weighted by molar-refractivity contribution is -0.122. The molecule has 4 rings (SSSR count). The quantitative estimate of drug-likeness (QED) is 0.658. The Morgan fingerprint density at radius 2 is 1.71 bits per heavy atom. The number of rotatable bonds is 5. The van der Waals surface area contributed by atoms with E-state index in [1.807, 2.05) is 25.1 Å². The summed E-state index contributed by atoms with van der Waals surface area (Å²) < 4.78 is 39.1. The summed E-state index contributed by atoms with van der Waals surface area (Å²) in [6.45, 7) is 1.73. The van der Waals surface area contributed by atoms with Crippen LogP contribution in [0.3, 0.4) is 0 Å². The van der Waals surface area contributed by atoms with Crippen LogP contribution in [0.2, 0.25) is 0 Å². The molecule has 0 aromatic heterocycles. The molecule has 0 bridgehead atoms. The van der Waals surface area contributed by atoms with E-state index in [0.29, 0.717) is 22.9 Å². The third kappa shape index (κ3) is 4.06. The van der Waals surface area contributed by atoms with Crippen LogP contribution in [-0.2, 0) is 14.8 Å². The van der Waals surface area contributed by atoms with Crippen molar-refractivity contribution >= 4 is 27.3 Å². The molecule has 0 saturated heterocycles. The third-order valence-corrected chi connectivity index (χ3v) is 6.87. The molecule has 3 aromatic rings. The van der Waals surface area contributed by atoms with Gasteiger partial charge in [0.25, 0.3) is 15.9 Å². The molecule has 1 N–H and O–H groups in total. The number of hydrogen-bond acceptors (Lipinski definition) is 5. The lowest BCUT2D eigenvalue weighted by atomic mass is 10.2. The maximum atomic E-state index is 13.4. The van der Waals surface area contributed by atoms with E-state index in [9.17, 15) is 13.2 Å². The number of hydrogen-bond donors (Lipinski definition) is 1. The highest BCUT2D eigenvalue weighted by Gasteiger charge is 2.37. The van der Waals surface area contributed by atoms with E-state index >= 15 is 0 Å². The van der Waals surface area contributed by atoms with E-state index in [4.69, 9.17) is 9.47 Å². The van der Waals surface area contributed by atoms with E-state index in [-0.39, 0.29) is 11.4 Å². The van der Waals surface area contributed by atoms with E-state index in [1.165, 1.54) is 23.5 Å². The minimum absolute atomic E-state index is 0.100. The Labute approximate surface area is 181 Å². The van der Waals surface area contributed by atoms with Gasteiger partial charge in [0.15, 0.2) is 6.10 Å². The van der Waals surface area contributed by atoms with Crippen LogP contribution < -0.4 is 19.1 Å². The molecule has 3 aromatic carbocycles. The predicted molar refractivity (Wildman–Crippen MR) is 118 cm³/mol. The lowest BCUT2D eigenvalue weighted by Gasteiger charge is -2.34. The van der Waals surface area contributed by atoms with Gasteiger partial charge in [0.2, 0.25) is 0 Å². The van der Waals surface area contributed by atoms with E-state index in [0.717, 1.165) is 5.56 Å². The van der Waals surface area contributed by atoms with Crippen LogP contribution in [0.5, 0.6) is 11.5 Å². The number of fused-ring (bicyclic) bond motifs is 1. The number of anilines is 2. The van der Waals surface area contributed by atoms with Gasteiger partial charge in [0.05, 0.1) is 24.2 Å². The standard InChI is InChI=1S/C23H22N2O5S/c1-16-7-3-4-8-19(16)24-23(26)22-15-25(20-9-5-6-10-21(20)30-22)31(27,28)18-13-11-17(29-2)12-14-18/h3-14,22H,15H2,1-2H3,(H,24,26)/t22-/m0/s1. The Morgan fingerprint density at radius 1 is 1.03 bits per heavy atom. The molecule has 1 aliphatic rings. The van der Waals surface area contributed by atoms with Gasteiger partial charge in [-0.25, -0.2) is 8.42 Å². The minimum Gasteiger partial charge on any atom is -0.497 e. The molecule has 0 aliphatic carbocycles. The van der Waals surface area contributed by atoms with Gasteiger partial charge in [0.1, 0.15) is 11.5 Å². The van der Waals surface area contributed by atoms with Gasteiger partial charge in [-0.2, -0.15) is 0 Å². The first-order chi connectivity index (χ1) is 14.9. The average Bonchev–Trinajstić information content (AvgIpc) is 2.79. The molecule has 1 amide bonds. The number of methoxy groups -OCH3 is 1. The Morgan fingerprint density at radius 3 is 2.42 bits per heavy atom. The van der Waals surface area contributed by atoms with Crippen molar-refractivity contribution in [3.63, 3.8) is 0 Å². The molecule has 0 fully saturated rings. The summed E-state index contributed by atoms with van der Waals surface area (Å²) in [7, 11) is -2.42. The van der Waals surface area contributed by atoms with Crippen LogP contribution >= 0.6 is 0 Å². The first-order valence-electron chi connectivity index (χ1n) is 9.69. The topological polar surface area (TPSA) is 84.9 Å². The molecule has 1 heterocycles. The summed E-state index contributed by atoms with van der Waals surface area (Å²) in [4.78, 5) is 13.0. The molecule has 0 spiro atoms. The fraction of sp³-hybridized carbons (Fsp3) is 0.174. The van der Waals surface area contributed by atoms with Crippen LogP contribution in [-0.4, -0.2) is 34.1 Å². The van der Waals surface area contributed by atoms with Crippen LogP contribution in [0.1, 0.15) is 5.56 Å². The number of nitrogens with one attached hydrogen (secondary N) is 1. The number of ether oxygens (including phenoxy) is 2. The van der Waals surface area contributed by atoms with E-state index in [2.05, 4.69) is 5.32 Å². The Bertz CT molecular complexity index is 1210. The van der Waals surface area contributed by atoms with Crippen LogP contribution in [0.25, 0.3) is 0 Å². The molecule has 0 unspecified atom stereocenters. The second kappa shape index (κ2) is 8.31. The van der Waals surface area contributed by atoms with Crippen LogP contribution in [0.4, 0.5) is 11.4 Å². The van der Waals surface area contributed by atoms with Gasteiger partial charge in [-0.15, -0.1) is 0 Å². The fourth-order valence-corrected chi connectivity index (χ4v) is 4.84. The first-order valence-corrected chi connectivity index (χ1v) is 11.1. The highest BCUT2D eigenvalue weighted by atomic mass is 32.2. The van der Waals surface area contributed by atoms with Crippen LogP contribution in [0, 0.1) is 6.92 Å². The van der Waals surface area contributed by atoms with Gasteiger partial charge in [0, 0.05) is 5.69 Å². The SMILES string of the molecule is COc1ccc(S(=O)(=O)N2C[C@@H](C(=O)Nc3ccccc3C)Oc3ccccc32)cc1. The van der Waals surface area contributed by atoms with Crippen molar-refractivity contribution in [1.29, 1.82) is 0 Å². The van der Waals surface area contributed by atoms with E-state index < -0.39 is 22.0 Å². The highest BCUT2D eigenvalue weighted by Crippen LogP contribution is 2.37. The maximum absolute atomic E-state index is 13.4. The summed E-state index contributed by atoms with van der Waals surface area (Å²) in [6, 6.07) is 20.3. The Hall–Kier alpha value is -3.52. The molecule has 160 valence electrons. The summed E-state index contributed by atoms with van der Waals surface area (Å²) >= 11 is 0. The molecular weight excluding hydrogens is 416 g/mol. The first kappa shape index (κ1) is 20.7. The fourth-order valence-electron chi connectivity index (χ4n) is 3.37. The summed E-state index contributed by atoms with van der Waals surface area (Å²) in [5.41, 5.74) is 1.94. The molecule has 1 aliphatic heterocycles. The normalized spacial score (nSPS) is 15.5. The lowest BCUT2D eigenvalue weighted by Crippen LogP contribution is -2.48. The summed E-state index contributed by atoms with van der Waals surface area (Å²) in [5, 5.41) is 2.84. The number of carbonyl (C=O) groups excluding carboxylic acids is 1. The zero-order chi connectivity index (χ0) is 22.0. The number of benzene rings is 3. The van der Waals surface area contributed by atoms with Gasteiger partial charge < -0.3 is 14.8 Å². The molecular formula is C23H22N2O5S. The Balaban J connectivity index is 1.67. The number of sulfonamides is 1. The van der Waals surface area contributed by atoms with Crippen molar-refractivity contribution in [2.75, 3.05) is 23.3 Å². The second-order valence-corrected chi connectivity index (χ2v) is 8.95. The number of nitrogens with zero attached hydrogens (tertiary/aromatic N) is 1. The van der Waals surface area contributed by atoms with Gasteiger partial charge >= 0.3 is 0 Å². The third-order valence-electron chi connectivity index (χ3n) is 5.08. The molecule has 31 heavy (non-hydrogen) atoms. The molecule has 7 nitrogen and oxygen atoms in total. The van der Waals surface area contributed by atoms with Crippen molar-refractivity contribution in [3.05, 3.63) is 78.4 Å². The molecule has 0 radical (unpaired) electrons. The molecule has 0 saturated carbocycles. The van der Waals surface area contributed by atoms with Crippen molar-refractivity contribution in [1.82, 2.24) is 0 Å². The van der Waals surface area contributed by atoms with Crippen molar-refractivity contribution in [3.8, 4) is 11.5 Å². The van der Waals surface area contributed by atoms with Crippen molar-refractivity contribution in [2.24, 2.45) is 0 Å². The molecule has 8 heteroatoms. The van der Waals surface area contributed by atoms with Crippen LogP contribution in [0.15, 0.2) is 77.7 Å². The second-order valence-electron chi connectivity index (χ2n) is 7.09. The van der Waals surface area contributed by atoms with Crippen molar-refractivity contribution in [2.45, 2.75) is 17.9 Å². The predicted octanol–water partition coefficient (Wildman–Crippen LogP) is 3.60. The van der Waals surface area contributed by atoms with Gasteiger partial charge in [-0.05, 0) is 55.0 Å². The van der Waals surface area contributed by atoms with Crippen molar-refractivity contribution < 1.29 is 22.7 Å². The average molecular weight is 439 g/mol. The highest BCUT2D eigenvalue weighted by molar-refractivity contribution is 7.92. The monoisotopic (exact) mass is 438 g/mol. The number of amides is 1. The number of para-hydroxylation sites is 3. The molecule has 1 atom stereocenters. The number of carbonyl (C=O) groups is 1. The Kier molecular flexibility index (Phi) is 5.56. The van der Waals surface area contributed by atoms with E-state index in [1.54, 1.807) is 42.5 Å². The summed E-state index contributed by atoms with van der Waals surface area (Å²) in [5.74, 6) is 0.464. The zero-order valence-electron chi connectivity index (χ0n) is 17.1.